The van der Waals surface area contributed by atoms with E-state index in [4.69, 9.17) is 0 Å². The van der Waals surface area contributed by atoms with Crippen LogP contribution in [-0.4, -0.2) is 32.6 Å². The van der Waals surface area contributed by atoms with E-state index in [2.05, 4.69) is 10.9 Å². The summed E-state index contributed by atoms with van der Waals surface area (Å²) in [6.45, 7) is 0. The molecule has 134 valence electrons. The first kappa shape index (κ1) is 17.2. The van der Waals surface area contributed by atoms with E-state index in [1.807, 2.05) is 0 Å². The number of hydrogen-bond acceptors (Lipinski definition) is 6. The van der Waals surface area contributed by atoms with E-state index in [1.165, 1.54) is 30.3 Å². The number of aromatic hydroxyl groups is 4. The van der Waals surface area contributed by atoms with E-state index in [0.29, 0.717) is 0 Å². The predicted octanol–water partition coefficient (Wildman–Crippen LogP) is 2.37. The fraction of sp³-hybridized carbons (Fsp3) is 0.250. The highest BCUT2D eigenvalue weighted by molar-refractivity contribution is 5.55. The molecule has 3 rings (SSSR count). The van der Waals surface area contributed by atoms with Crippen LogP contribution in [-0.2, 0) is 0 Å². The minimum atomic E-state index is -4.58. The van der Waals surface area contributed by atoms with Gasteiger partial charge in [0, 0.05) is 11.5 Å². The molecule has 2 aromatic rings. The fourth-order valence-electron chi connectivity index (χ4n) is 3.03. The van der Waals surface area contributed by atoms with Gasteiger partial charge in [0.25, 0.3) is 0 Å². The minimum Gasteiger partial charge on any atom is -0.508 e. The molecule has 25 heavy (non-hydrogen) atoms. The van der Waals surface area contributed by atoms with Gasteiger partial charge in [0.15, 0.2) is 11.5 Å². The number of benzene rings is 2. The van der Waals surface area contributed by atoms with Gasteiger partial charge in [-0.15, -0.1) is 0 Å². The second kappa shape index (κ2) is 6.01. The van der Waals surface area contributed by atoms with Gasteiger partial charge in [-0.2, -0.15) is 13.2 Å². The van der Waals surface area contributed by atoms with Crippen molar-refractivity contribution in [2.75, 3.05) is 0 Å². The first-order valence-electron chi connectivity index (χ1n) is 7.30. The van der Waals surface area contributed by atoms with Crippen LogP contribution in [0.3, 0.4) is 0 Å². The van der Waals surface area contributed by atoms with Gasteiger partial charge in [-0.1, -0.05) is 12.1 Å². The second-order valence-electron chi connectivity index (χ2n) is 5.77. The topological polar surface area (TPSA) is 105 Å². The maximum Gasteiger partial charge on any atom is 0.405 e. The molecule has 0 saturated carbocycles. The van der Waals surface area contributed by atoms with Gasteiger partial charge < -0.3 is 20.4 Å². The first-order chi connectivity index (χ1) is 11.7. The Bertz CT molecular complexity index is 780. The van der Waals surface area contributed by atoms with Gasteiger partial charge in [-0.25, -0.2) is 10.9 Å². The molecule has 1 fully saturated rings. The average Bonchev–Trinajstić information content (AvgIpc) is 2.98. The minimum absolute atomic E-state index is 0.00683. The van der Waals surface area contributed by atoms with Crippen LogP contribution in [0, 0.1) is 0 Å². The molecule has 6 nitrogen and oxygen atoms in total. The zero-order valence-corrected chi connectivity index (χ0v) is 12.6. The molecule has 0 bridgehead atoms. The monoisotopic (exact) mass is 356 g/mol. The van der Waals surface area contributed by atoms with Crippen molar-refractivity contribution in [2.45, 2.75) is 24.2 Å². The Labute approximate surface area is 140 Å². The van der Waals surface area contributed by atoms with E-state index in [9.17, 15) is 33.6 Å². The Morgan fingerprint density at radius 3 is 2.04 bits per heavy atom. The van der Waals surface area contributed by atoms with Crippen molar-refractivity contribution < 1.29 is 33.6 Å². The number of hydrazine groups is 1. The van der Waals surface area contributed by atoms with E-state index >= 15 is 0 Å². The Morgan fingerprint density at radius 2 is 1.44 bits per heavy atom. The second-order valence-corrected chi connectivity index (χ2v) is 5.77. The van der Waals surface area contributed by atoms with E-state index in [1.54, 1.807) is 0 Å². The molecule has 2 aromatic carbocycles. The van der Waals surface area contributed by atoms with Crippen molar-refractivity contribution >= 4 is 0 Å². The van der Waals surface area contributed by atoms with Crippen LogP contribution in [0.1, 0.15) is 23.1 Å². The number of rotatable bonds is 2. The third-order valence-corrected chi connectivity index (χ3v) is 4.24. The normalized spacial score (nSPS) is 23.7. The summed E-state index contributed by atoms with van der Waals surface area (Å²) in [6, 6.07) is 4.57. The molecule has 0 aliphatic carbocycles. The van der Waals surface area contributed by atoms with Crippen LogP contribution in [0.2, 0.25) is 0 Å². The standard InChI is InChI=1S/C16H15F3N2O4/c17-16(18,19)15-11(7-1-3-8(22)4-2-7)12(20-21-15)9-5-6-10(23)14(25)13(9)24/h1-6,11-12,15,20-25H. The van der Waals surface area contributed by atoms with Crippen LogP contribution in [0.4, 0.5) is 13.2 Å². The molecule has 1 aliphatic heterocycles. The first-order valence-corrected chi connectivity index (χ1v) is 7.30. The molecule has 3 unspecified atom stereocenters. The summed E-state index contributed by atoms with van der Waals surface area (Å²) in [5, 5.41) is 38.5. The number of phenolic OH excluding ortho intramolecular Hbond substituents is 4. The molecule has 9 heteroatoms. The number of phenols is 4. The summed E-state index contributed by atoms with van der Waals surface area (Å²) in [5.74, 6) is -3.37. The summed E-state index contributed by atoms with van der Waals surface area (Å²) in [4.78, 5) is 0. The summed E-state index contributed by atoms with van der Waals surface area (Å²) in [7, 11) is 0. The van der Waals surface area contributed by atoms with Crippen LogP contribution < -0.4 is 10.9 Å². The van der Waals surface area contributed by atoms with Crippen LogP contribution in [0.5, 0.6) is 23.0 Å². The van der Waals surface area contributed by atoms with Crippen LogP contribution in [0.25, 0.3) is 0 Å². The Balaban J connectivity index is 2.09. The van der Waals surface area contributed by atoms with Gasteiger partial charge in [-0.05, 0) is 29.8 Å². The largest absolute Gasteiger partial charge is 0.508 e. The molecule has 1 aliphatic rings. The number of halogens is 3. The number of hydrogen-bond donors (Lipinski definition) is 6. The molecule has 0 amide bonds. The highest BCUT2D eigenvalue weighted by Crippen LogP contribution is 2.48. The van der Waals surface area contributed by atoms with E-state index in [0.717, 1.165) is 6.07 Å². The van der Waals surface area contributed by atoms with Gasteiger partial charge in [0.05, 0.1) is 6.04 Å². The van der Waals surface area contributed by atoms with E-state index < -0.39 is 41.4 Å². The Morgan fingerprint density at radius 1 is 0.800 bits per heavy atom. The molecule has 0 radical (unpaired) electrons. The zero-order valence-electron chi connectivity index (χ0n) is 12.6. The van der Waals surface area contributed by atoms with Crippen molar-refractivity contribution in [1.82, 2.24) is 10.9 Å². The maximum atomic E-state index is 13.4. The van der Waals surface area contributed by atoms with Crippen molar-refractivity contribution in [2.24, 2.45) is 0 Å². The molecular weight excluding hydrogens is 341 g/mol. The van der Waals surface area contributed by atoms with Crippen molar-refractivity contribution in [3.63, 3.8) is 0 Å². The van der Waals surface area contributed by atoms with Crippen molar-refractivity contribution in [3.05, 3.63) is 47.5 Å². The third kappa shape index (κ3) is 3.03. The summed E-state index contributed by atoms with van der Waals surface area (Å²) >= 11 is 0. The van der Waals surface area contributed by atoms with E-state index in [-0.39, 0.29) is 16.9 Å². The average molecular weight is 356 g/mol. The predicted molar refractivity (Wildman–Crippen MR) is 81.1 cm³/mol. The number of alkyl halides is 3. The van der Waals surface area contributed by atoms with Crippen molar-refractivity contribution in [3.8, 4) is 23.0 Å². The Kier molecular flexibility index (Phi) is 4.13. The molecule has 0 aromatic heterocycles. The SMILES string of the molecule is Oc1ccc(C2C(c3ccc(O)c(O)c3O)NNC2C(F)(F)F)cc1. The van der Waals surface area contributed by atoms with Gasteiger partial charge >= 0.3 is 6.18 Å². The summed E-state index contributed by atoms with van der Waals surface area (Å²) in [6.07, 6.45) is -4.58. The van der Waals surface area contributed by atoms with Crippen molar-refractivity contribution in [1.29, 1.82) is 0 Å². The number of nitrogens with one attached hydrogen (secondary N) is 2. The fourth-order valence-corrected chi connectivity index (χ4v) is 3.03. The molecular formula is C16H15F3N2O4. The molecule has 1 heterocycles. The summed E-state index contributed by atoms with van der Waals surface area (Å²) in [5.41, 5.74) is 4.94. The highest BCUT2D eigenvalue weighted by Gasteiger charge is 2.52. The molecule has 3 atom stereocenters. The third-order valence-electron chi connectivity index (χ3n) is 4.24. The van der Waals surface area contributed by atoms with Crippen LogP contribution >= 0.6 is 0 Å². The van der Waals surface area contributed by atoms with Gasteiger partial charge in [0.2, 0.25) is 5.75 Å². The lowest BCUT2D eigenvalue weighted by Crippen LogP contribution is -2.43. The van der Waals surface area contributed by atoms with Gasteiger partial charge in [-0.3, -0.25) is 0 Å². The smallest absolute Gasteiger partial charge is 0.405 e. The molecule has 0 spiro atoms. The highest BCUT2D eigenvalue weighted by atomic mass is 19.4. The quantitative estimate of drug-likeness (QED) is 0.462. The zero-order chi connectivity index (χ0) is 18.4. The lowest BCUT2D eigenvalue weighted by Gasteiger charge is -2.26. The molecule has 6 N–H and O–H groups in total. The summed E-state index contributed by atoms with van der Waals surface area (Å²) < 4.78 is 40.2. The lowest BCUT2D eigenvalue weighted by molar-refractivity contribution is -0.156. The molecule has 1 saturated heterocycles. The lowest BCUT2D eigenvalue weighted by atomic mass is 9.83. The van der Waals surface area contributed by atoms with Gasteiger partial charge in [0.1, 0.15) is 11.8 Å². The van der Waals surface area contributed by atoms with Crippen LogP contribution in [0.15, 0.2) is 36.4 Å². The Hall–Kier alpha value is -2.65. The maximum absolute atomic E-state index is 13.4.